The molecule has 2 aliphatic rings. The van der Waals surface area contributed by atoms with Gasteiger partial charge in [0.15, 0.2) is 0 Å². The van der Waals surface area contributed by atoms with Gasteiger partial charge in [-0.25, -0.2) is 9.97 Å². The summed E-state index contributed by atoms with van der Waals surface area (Å²) in [5, 5.41) is 6.47. The molecule has 5 rings (SSSR count). The van der Waals surface area contributed by atoms with E-state index in [2.05, 4.69) is 36.1 Å². The number of hydrogen-bond donors (Lipinski definition) is 2. The topological polar surface area (TPSA) is 95.8 Å². The van der Waals surface area contributed by atoms with E-state index in [4.69, 9.17) is 4.98 Å². The van der Waals surface area contributed by atoms with Gasteiger partial charge < -0.3 is 25.0 Å². The molecule has 2 fully saturated rings. The molecule has 0 atom stereocenters. The quantitative estimate of drug-likeness (QED) is 0.634. The molecule has 0 bridgehead atoms. The van der Waals surface area contributed by atoms with Crippen LogP contribution in [0.3, 0.4) is 0 Å². The normalized spacial score (nSPS) is 17.1. The minimum absolute atomic E-state index is 0.00280. The predicted molar refractivity (Wildman–Crippen MR) is 124 cm³/mol. The summed E-state index contributed by atoms with van der Waals surface area (Å²) in [5.41, 5.74) is 2.63. The number of rotatable bonds is 5. The minimum atomic E-state index is -0.00280. The zero-order valence-electron chi connectivity index (χ0n) is 18.8. The van der Waals surface area contributed by atoms with Gasteiger partial charge in [0, 0.05) is 31.7 Å². The first-order valence-corrected chi connectivity index (χ1v) is 11.5. The van der Waals surface area contributed by atoms with Crippen LogP contribution in [-0.2, 0) is 0 Å². The lowest BCUT2D eigenvalue weighted by Crippen LogP contribution is -2.89. The van der Waals surface area contributed by atoms with Crippen molar-refractivity contribution in [3.63, 3.8) is 0 Å². The highest BCUT2D eigenvalue weighted by Gasteiger charge is 2.26. The van der Waals surface area contributed by atoms with E-state index in [-0.39, 0.29) is 5.91 Å². The standard InChI is InChI=1S/C23H30N8O/c1-29(2)22(32)19-13-16-14-26-23(28-21(16)31(19)17-5-3-4-6-17)27-20-8-7-18(15-25-20)30-11-9-24-10-12-30/h7-8,13-15,17,24H,3-6,9-12H2,1-2H3,(H,25,26,27,28)/p+1. The van der Waals surface area contributed by atoms with E-state index in [1.807, 2.05) is 18.3 Å². The molecule has 0 unspecified atom stereocenters. The molecule has 1 aliphatic carbocycles. The van der Waals surface area contributed by atoms with Gasteiger partial charge in [0.05, 0.1) is 38.1 Å². The van der Waals surface area contributed by atoms with Gasteiger partial charge in [0.1, 0.15) is 17.2 Å². The Morgan fingerprint density at radius 3 is 2.59 bits per heavy atom. The largest absolute Gasteiger partial charge is 0.359 e. The fourth-order valence-electron chi connectivity index (χ4n) is 4.76. The first-order valence-electron chi connectivity index (χ1n) is 11.5. The second-order valence-electron chi connectivity index (χ2n) is 8.89. The van der Waals surface area contributed by atoms with Gasteiger partial charge in [0.25, 0.3) is 5.91 Å². The number of piperazine rings is 1. The molecule has 0 aromatic carbocycles. The molecule has 9 heteroatoms. The van der Waals surface area contributed by atoms with Crippen molar-refractivity contribution in [3.05, 3.63) is 36.3 Å². The Kier molecular flexibility index (Phi) is 5.65. The number of aromatic nitrogens is 4. The van der Waals surface area contributed by atoms with Crippen LogP contribution < -0.4 is 15.5 Å². The summed E-state index contributed by atoms with van der Waals surface area (Å²) in [7, 11) is 3.57. The Balaban J connectivity index is 1.43. The van der Waals surface area contributed by atoms with Gasteiger partial charge in [0.2, 0.25) is 5.95 Å². The summed E-state index contributed by atoms with van der Waals surface area (Å²) in [6.45, 7) is 4.32. The van der Waals surface area contributed by atoms with Gasteiger partial charge in [-0.3, -0.25) is 4.79 Å². The third-order valence-corrected chi connectivity index (χ3v) is 6.45. The fraction of sp³-hybridized carbons (Fsp3) is 0.478. The molecule has 1 saturated carbocycles. The molecule has 3 aromatic heterocycles. The van der Waals surface area contributed by atoms with E-state index < -0.39 is 0 Å². The van der Waals surface area contributed by atoms with E-state index in [1.165, 1.54) is 12.8 Å². The predicted octanol–water partition coefficient (Wildman–Crippen LogP) is 1.77. The van der Waals surface area contributed by atoms with Crippen molar-refractivity contribution in [2.45, 2.75) is 31.7 Å². The van der Waals surface area contributed by atoms with Crippen LogP contribution in [0.2, 0.25) is 0 Å². The number of nitrogens with zero attached hydrogens (tertiary/aromatic N) is 6. The smallest absolute Gasteiger partial charge is 0.270 e. The molecule has 3 N–H and O–H groups in total. The van der Waals surface area contributed by atoms with Crippen molar-refractivity contribution >= 4 is 34.4 Å². The SMILES string of the molecule is CN(C)C(=O)c1cc2cnc(Nc3ccc(N4CC[NH2+]CC4)cn3)nc2n1C1CCCC1. The van der Waals surface area contributed by atoms with Crippen molar-refractivity contribution in [1.82, 2.24) is 24.4 Å². The monoisotopic (exact) mass is 435 g/mol. The number of pyridine rings is 1. The second kappa shape index (κ2) is 8.74. The van der Waals surface area contributed by atoms with Gasteiger partial charge in [-0.05, 0) is 31.0 Å². The lowest BCUT2D eigenvalue weighted by atomic mass is 10.2. The molecule has 168 valence electrons. The molecule has 0 radical (unpaired) electrons. The molecular formula is C23H31N8O+. The van der Waals surface area contributed by atoms with Crippen molar-refractivity contribution in [2.75, 3.05) is 50.5 Å². The molecule has 3 aromatic rings. The molecule has 4 heterocycles. The first kappa shape index (κ1) is 20.7. The summed E-state index contributed by atoms with van der Waals surface area (Å²) in [6.07, 6.45) is 8.20. The van der Waals surface area contributed by atoms with Gasteiger partial charge in [-0.15, -0.1) is 0 Å². The Labute approximate surface area is 187 Å². The van der Waals surface area contributed by atoms with Crippen molar-refractivity contribution in [3.8, 4) is 0 Å². The average molecular weight is 436 g/mol. The zero-order chi connectivity index (χ0) is 22.1. The molecule has 0 spiro atoms. The van der Waals surface area contributed by atoms with Crippen LogP contribution >= 0.6 is 0 Å². The summed E-state index contributed by atoms with van der Waals surface area (Å²) in [5.74, 6) is 1.20. The summed E-state index contributed by atoms with van der Waals surface area (Å²) in [6, 6.07) is 6.28. The lowest BCUT2D eigenvalue weighted by Gasteiger charge is -2.26. The molecule has 1 aliphatic heterocycles. The molecular weight excluding hydrogens is 404 g/mol. The number of amides is 1. The Morgan fingerprint density at radius 1 is 1.12 bits per heavy atom. The molecule has 1 amide bonds. The average Bonchev–Trinajstić information content (AvgIpc) is 3.47. The maximum absolute atomic E-state index is 12.9. The number of nitrogens with two attached hydrogens (primary N) is 1. The summed E-state index contributed by atoms with van der Waals surface area (Å²) < 4.78 is 2.13. The number of carbonyl (C=O) groups excluding carboxylic acids is 1. The van der Waals surface area contributed by atoms with Crippen LogP contribution in [0.1, 0.15) is 42.2 Å². The zero-order valence-corrected chi connectivity index (χ0v) is 18.8. The van der Waals surface area contributed by atoms with E-state index in [9.17, 15) is 4.79 Å². The number of anilines is 3. The lowest BCUT2D eigenvalue weighted by molar-refractivity contribution is -0.655. The highest BCUT2D eigenvalue weighted by Crippen LogP contribution is 2.34. The number of carbonyl (C=O) groups is 1. The Morgan fingerprint density at radius 2 is 1.91 bits per heavy atom. The molecule has 9 nitrogen and oxygen atoms in total. The maximum Gasteiger partial charge on any atom is 0.270 e. The third-order valence-electron chi connectivity index (χ3n) is 6.45. The number of hydrogen-bond acceptors (Lipinski definition) is 6. The van der Waals surface area contributed by atoms with Crippen LogP contribution in [0.25, 0.3) is 11.0 Å². The highest BCUT2D eigenvalue weighted by atomic mass is 16.2. The van der Waals surface area contributed by atoms with Gasteiger partial charge in [-0.1, -0.05) is 12.8 Å². The van der Waals surface area contributed by atoms with Crippen LogP contribution in [0.4, 0.5) is 17.5 Å². The van der Waals surface area contributed by atoms with Gasteiger partial charge in [-0.2, -0.15) is 4.98 Å². The van der Waals surface area contributed by atoms with Crippen LogP contribution in [-0.4, -0.2) is 70.6 Å². The van der Waals surface area contributed by atoms with Crippen molar-refractivity contribution in [2.24, 2.45) is 0 Å². The maximum atomic E-state index is 12.9. The number of fused-ring (bicyclic) bond motifs is 1. The third kappa shape index (κ3) is 4.00. The second-order valence-corrected chi connectivity index (χ2v) is 8.89. The van der Waals surface area contributed by atoms with E-state index in [1.54, 1.807) is 25.2 Å². The first-order chi connectivity index (χ1) is 15.6. The number of quaternary nitrogens is 1. The van der Waals surface area contributed by atoms with E-state index in [0.717, 1.165) is 55.7 Å². The van der Waals surface area contributed by atoms with Crippen LogP contribution in [0.5, 0.6) is 0 Å². The Bertz CT molecular complexity index is 1100. The fourth-order valence-corrected chi connectivity index (χ4v) is 4.76. The van der Waals surface area contributed by atoms with Crippen LogP contribution in [0.15, 0.2) is 30.6 Å². The van der Waals surface area contributed by atoms with Gasteiger partial charge >= 0.3 is 0 Å². The summed E-state index contributed by atoms with van der Waals surface area (Å²) in [4.78, 5) is 30.7. The minimum Gasteiger partial charge on any atom is -0.359 e. The molecule has 32 heavy (non-hydrogen) atoms. The summed E-state index contributed by atoms with van der Waals surface area (Å²) >= 11 is 0. The highest BCUT2D eigenvalue weighted by molar-refractivity contribution is 5.97. The van der Waals surface area contributed by atoms with Crippen molar-refractivity contribution in [1.29, 1.82) is 0 Å². The van der Waals surface area contributed by atoms with E-state index in [0.29, 0.717) is 23.5 Å². The van der Waals surface area contributed by atoms with Crippen LogP contribution in [0, 0.1) is 0 Å². The Hall–Kier alpha value is -3.20. The molecule has 1 saturated heterocycles. The van der Waals surface area contributed by atoms with E-state index >= 15 is 0 Å². The van der Waals surface area contributed by atoms with Crippen molar-refractivity contribution < 1.29 is 10.1 Å². The number of nitrogens with one attached hydrogen (secondary N) is 1.